The van der Waals surface area contributed by atoms with Crippen LogP contribution in [0.25, 0.3) is 0 Å². The van der Waals surface area contributed by atoms with E-state index >= 15 is 0 Å². The predicted octanol–water partition coefficient (Wildman–Crippen LogP) is 5.28. The van der Waals surface area contributed by atoms with Crippen molar-refractivity contribution in [3.05, 3.63) is 34.9 Å². The summed E-state index contributed by atoms with van der Waals surface area (Å²) < 4.78 is 5.86. The monoisotopic (exact) mass is 332 g/mol. The van der Waals surface area contributed by atoms with Crippen molar-refractivity contribution in [2.75, 3.05) is 0 Å². The molecule has 2 N–H and O–H groups in total. The Morgan fingerprint density at radius 1 is 1.21 bits per heavy atom. The standard InChI is InChI=1S/C21H32O3/c1-5-6-7-10-16-12-18(22)17(19(23)13-16)14-20-21(4,24-20)11-8-9-15(2)3/h9,12-13,20,22-23H,5-8,10-11,14H2,1-4H3. The number of epoxide rings is 1. The Kier molecular flexibility index (Phi) is 6.34. The van der Waals surface area contributed by atoms with Crippen molar-refractivity contribution in [1.82, 2.24) is 0 Å². The lowest BCUT2D eigenvalue weighted by Gasteiger charge is -2.10. The van der Waals surface area contributed by atoms with Gasteiger partial charge >= 0.3 is 0 Å². The third-order valence-corrected chi connectivity index (χ3v) is 4.95. The molecule has 0 amide bonds. The van der Waals surface area contributed by atoms with Crippen molar-refractivity contribution in [1.29, 1.82) is 0 Å². The molecule has 2 rings (SSSR count). The van der Waals surface area contributed by atoms with Gasteiger partial charge in [-0.15, -0.1) is 0 Å². The van der Waals surface area contributed by atoms with E-state index in [9.17, 15) is 10.2 Å². The van der Waals surface area contributed by atoms with E-state index in [0.717, 1.165) is 31.2 Å². The molecule has 0 spiro atoms. The second-order valence-electron chi connectivity index (χ2n) is 7.51. The van der Waals surface area contributed by atoms with Gasteiger partial charge in [0.1, 0.15) is 11.5 Å². The second kappa shape index (κ2) is 8.06. The summed E-state index contributed by atoms with van der Waals surface area (Å²) in [7, 11) is 0. The molecule has 0 aliphatic carbocycles. The summed E-state index contributed by atoms with van der Waals surface area (Å²) in [5.41, 5.74) is 2.81. The van der Waals surface area contributed by atoms with Crippen LogP contribution in [0.15, 0.2) is 23.8 Å². The molecule has 1 saturated heterocycles. The van der Waals surface area contributed by atoms with Gasteiger partial charge in [0.05, 0.1) is 11.7 Å². The van der Waals surface area contributed by atoms with Crippen LogP contribution in [-0.2, 0) is 17.6 Å². The minimum atomic E-state index is -0.134. The van der Waals surface area contributed by atoms with Crippen molar-refractivity contribution in [2.24, 2.45) is 0 Å². The van der Waals surface area contributed by atoms with Crippen LogP contribution in [0.1, 0.15) is 70.9 Å². The fourth-order valence-corrected chi connectivity index (χ4v) is 3.23. The van der Waals surface area contributed by atoms with Crippen LogP contribution >= 0.6 is 0 Å². The molecule has 2 unspecified atom stereocenters. The normalized spacial score (nSPS) is 22.4. The van der Waals surface area contributed by atoms with E-state index in [1.807, 2.05) is 0 Å². The lowest BCUT2D eigenvalue weighted by molar-refractivity contribution is 0.296. The van der Waals surface area contributed by atoms with Gasteiger partial charge in [-0.05, 0) is 64.2 Å². The fourth-order valence-electron chi connectivity index (χ4n) is 3.23. The topological polar surface area (TPSA) is 53.0 Å². The lowest BCUT2D eigenvalue weighted by atomic mass is 9.94. The van der Waals surface area contributed by atoms with Crippen LogP contribution in [0, 0.1) is 0 Å². The van der Waals surface area contributed by atoms with E-state index in [4.69, 9.17) is 4.74 Å². The highest BCUT2D eigenvalue weighted by Crippen LogP contribution is 2.45. The second-order valence-corrected chi connectivity index (χ2v) is 7.51. The maximum atomic E-state index is 10.3. The molecule has 0 aromatic heterocycles. The Balaban J connectivity index is 1.95. The smallest absolute Gasteiger partial charge is 0.122 e. The third-order valence-electron chi connectivity index (χ3n) is 4.95. The fraction of sp³-hybridized carbons (Fsp3) is 0.619. The number of allylic oxidation sites excluding steroid dienone is 2. The Morgan fingerprint density at radius 3 is 2.46 bits per heavy atom. The molecule has 0 radical (unpaired) electrons. The summed E-state index contributed by atoms with van der Waals surface area (Å²) in [5.74, 6) is 0.396. The van der Waals surface area contributed by atoms with E-state index in [-0.39, 0.29) is 23.2 Å². The van der Waals surface area contributed by atoms with Gasteiger partial charge in [-0.2, -0.15) is 0 Å². The van der Waals surface area contributed by atoms with Gasteiger partial charge in [0.15, 0.2) is 0 Å². The van der Waals surface area contributed by atoms with Gasteiger partial charge in [-0.3, -0.25) is 0 Å². The van der Waals surface area contributed by atoms with E-state index in [1.165, 1.54) is 18.4 Å². The molecule has 134 valence electrons. The van der Waals surface area contributed by atoms with Crippen LogP contribution in [0.4, 0.5) is 0 Å². The lowest BCUT2D eigenvalue weighted by Crippen LogP contribution is -2.11. The summed E-state index contributed by atoms with van der Waals surface area (Å²) in [6.07, 6.45) is 9.17. The quantitative estimate of drug-likeness (QED) is 0.367. The summed E-state index contributed by atoms with van der Waals surface area (Å²) >= 11 is 0. The molecular formula is C21H32O3. The minimum Gasteiger partial charge on any atom is -0.508 e. The molecule has 24 heavy (non-hydrogen) atoms. The molecule has 1 aliphatic heterocycles. The van der Waals surface area contributed by atoms with E-state index in [2.05, 4.69) is 33.8 Å². The Bertz CT molecular complexity index is 564. The van der Waals surface area contributed by atoms with Gasteiger partial charge in [-0.25, -0.2) is 0 Å². The Labute approximate surface area is 146 Å². The van der Waals surface area contributed by atoms with Crippen LogP contribution in [0.5, 0.6) is 11.5 Å². The van der Waals surface area contributed by atoms with Crippen LogP contribution < -0.4 is 0 Å². The maximum Gasteiger partial charge on any atom is 0.122 e. The van der Waals surface area contributed by atoms with Crippen LogP contribution in [-0.4, -0.2) is 21.9 Å². The molecule has 3 nitrogen and oxygen atoms in total. The maximum absolute atomic E-state index is 10.3. The van der Waals surface area contributed by atoms with E-state index in [1.54, 1.807) is 12.1 Å². The average molecular weight is 332 g/mol. The first-order valence-electron chi connectivity index (χ1n) is 9.20. The van der Waals surface area contributed by atoms with Crippen molar-refractivity contribution in [3.63, 3.8) is 0 Å². The molecule has 1 aromatic rings. The number of phenolic OH excluding ortho intramolecular Hbond substituents is 2. The van der Waals surface area contributed by atoms with Crippen molar-refractivity contribution in [3.8, 4) is 11.5 Å². The SMILES string of the molecule is CCCCCc1cc(O)c(CC2OC2(C)CCC=C(C)C)c(O)c1. The molecule has 0 saturated carbocycles. The first kappa shape index (κ1) is 18.9. The zero-order chi connectivity index (χ0) is 17.7. The highest BCUT2D eigenvalue weighted by atomic mass is 16.6. The number of rotatable bonds is 9. The van der Waals surface area contributed by atoms with Gasteiger partial charge in [0.25, 0.3) is 0 Å². The summed E-state index contributed by atoms with van der Waals surface area (Å²) in [4.78, 5) is 0. The Hall–Kier alpha value is -1.48. The number of ether oxygens (including phenoxy) is 1. The number of phenols is 2. The van der Waals surface area contributed by atoms with E-state index in [0.29, 0.717) is 12.0 Å². The number of unbranched alkanes of at least 4 members (excludes halogenated alkanes) is 2. The van der Waals surface area contributed by atoms with Crippen LogP contribution in [0.3, 0.4) is 0 Å². The molecule has 3 heteroatoms. The molecule has 1 aliphatic rings. The minimum absolute atomic E-state index is 0.0748. The highest BCUT2D eigenvalue weighted by Gasteiger charge is 2.51. The van der Waals surface area contributed by atoms with Gasteiger partial charge < -0.3 is 14.9 Å². The number of aryl methyl sites for hydroxylation is 1. The van der Waals surface area contributed by atoms with Crippen molar-refractivity contribution >= 4 is 0 Å². The average Bonchev–Trinajstić information content (AvgIpc) is 3.13. The molecule has 2 atom stereocenters. The molecular weight excluding hydrogens is 300 g/mol. The third kappa shape index (κ3) is 5.01. The van der Waals surface area contributed by atoms with Crippen molar-refractivity contribution in [2.45, 2.75) is 84.3 Å². The summed E-state index contributed by atoms with van der Waals surface area (Å²) in [5, 5.41) is 20.6. The molecule has 1 aromatic carbocycles. The Morgan fingerprint density at radius 2 is 1.88 bits per heavy atom. The van der Waals surface area contributed by atoms with Crippen molar-refractivity contribution < 1.29 is 14.9 Å². The zero-order valence-corrected chi connectivity index (χ0v) is 15.6. The number of hydrogen-bond donors (Lipinski definition) is 2. The first-order chi connectivity index (χ1) is 11.4. The number of benzene rings is 1. The van der Waals surface area contributed by atoms with Gasteiger partial charge in [-0.1, -0.05) is 31.4 Å². The van der Waals surface area contributed by atoms with Gasteiger partial charge in [0.2, 0.25) is 0 Å². The number of aromatic hydroxyl groups is 2. The van der Waals surface area contributed by atoms with Gasteiger partial charge in [0, 0.05) is 12.0 Å². The largest absolute Gasteiger partial charge is 0.508 e. The zero-order valence-electron chi connectivity index (χ0n) is 15.6. The molecule has 1 fully saturated rings. The summed E-state index contributed by atoms with van der Waals surface area (Å²) in [6.45, 7) is 8.49. The van der Waals surface area contributed by atoms with Crippen LogP contribution in [0.2, 0.25) is 0 Å². The summed E-state index contributed by atoms with van der Waals surface area (Å²) in [6, 6.07) is 3.60. The van der Waals surface area contributed by atoms with E-state index < -0.39 is 0 Å². The predicted molar refractivity (Wildman–Crippen MR) is 98.6 cm³/mol. The molecule has 1 heterocycles. The number of hydrogen-bond acceptors (Lipinski definition) is 3. The first-order valence-corrected chi connectivity index (χ1v) is 9.20. The molecule has 0 bridgehead atoms. The highest BCUT2D eigenvalue weighted by molar-refractivity contribution is 5.47.